The number of nitrogens with two attached hydrogens (primary N) is 1. The largest absolute Gasteiger partial charge is 0.493 e. The van der Waals surface area contributed by atoms with Gasteiger partial charge in [0.25, 0.3) is 0 Å². The highest BCUT2D eigenvalue weighted by Gasteiger charge is 2.22. The van der Waals surface area contributed by atoms with Crippen molar-refractivity contribution in [2.45, 2.75) is 13.0 Å². The second kappa shape index (κ2) is 5.25. The van der Waals surface area contributed by atoms with Gasteiger partial charge in [-0.05, 0) is 24.1 Å². The van der Waals surface area contributed by atoms with Crippen LogP contribution in [0, 0.1) is 6.92 Å². The Morgan fingerprint density at radius 2 is 2.06 bits per heavy atom. The minimum absolute atomic E-state index is 0.304. The monoisotopic (exact) mass is 259 g/mol. The number of hydrogen-bond donors (Lipinski definition) is 2. The van der Waals surface area contributed by atoms with Crippen molar-refractivity contribution < 1.29 is 19.4 Å². The minimum atomic E-state index is -1.15. The van der Waals surface area contributed by atoms with Gasteiger partial charge in [-0.25, -0.2) is 0 Å². The average Bonchev–Trinajstić information content (AvgIpc) is 2.31. The lowest BCUT2D eigenvalue weighted by molar-refractivity contribution is -0.138. The van der Waals surface area contributed by atoms with Crippen molar-refractivity contribution in [3.05, 3.63) is 22.2 Å². The molecular formula is C11H14ClNO4. The minimum Gasteiger partial charge on any atom is -0.493 e. The van der Waals surface area contributed by atoms with Crippen LogP contribution in [0.1, 0.15) is 17.2 Å². The zero-order valence-corrected chi connectivity index (χ0v) is 10.5. The molecule has 5 nitrogen and oxygen atoms in total. The second-order valence-electron chi connectivity index (χ2n) is 3.46. The SMILES string of the molecule is COc1cc(C(N)C(=O)O)c(C)c(Cl)c1OC. The maximum absolute atomic E-state index is 10.9. The predicted molar refractivity (Wildman–Crippen MR) is 63.9 cm³/mol. The Labute approximate surface area is 104 Å². The fourth-order valence-electron chi connectivity index (χ4n) is 1.52. The van der Waals surface area contributed by atoms with Crippen molar-refractivity contribution in [2.24, 2.45) is 5.73 Å². The molecule has 0 saturated heterocycles. The molecule has 1 unspecified atom stereocenters. The summed E-state index contributed by atoms with van der Waals surface area (Å²) in [4.78, 5) is 10.9. The van der Waals surface area contributed by atoms with Crippen molar-refractivity contribution in [2.75, 3.05) is 14.2 Å². The molecule has 0 aliphatic carbocycles. The molecule has 6 heteroatoms. The second-order valence-corrected chi connectivity index (χ2v) is 3.83. The molecule has 17 heavy (non-hydrogen) atoms. The molecule has 0 aliphatic rings. The molecule has 0 heterocycles. The molecule has 0 aliphatic heterocycles. The third kappa shape index (κ3) is 2.45. The van der Waals surface area contributed by atoms with Gasteiger partial charge in [-0.2, -0.15) is 0 Å². The number of halogens is 1. The molecule has 0 spiro atoms. The number of aliphatic carboxylic acids is 1. The molecule has 1 aromatic rings. The Morgan fingerprint density at radius 1 is 1.47 bits per heavy atom. The lowest BCUT2D eigenvalue weighted by atomic mass is 10.0. The number of hydrogen-bond acceptors (Lipinski definition) is 4. The van der Waals surface area contributed by atoms with E-state index in [1.165, 1.54) is 20.3 Å². The zero-order valence-electron chi connectivity index (χ0n) is 9.78. The highest BCUT2D eigenvalue weighted by atomic mass is 35.5. The van der Waals surface area contributed by atoms with Crippen molar-refractivity contribution >= 4 is 17.6 Å². The normalized spacial score (nSPS) is 12.1. The molecule has 94 valence electrons. The van der Waals surface area contributed by atoms with Gasteiger partial charge in [0.15, 0.2) is 11.5 Å². The summed E-state index contributed by atoms with van der Waals surface area (Å²) in [6.07, 6.45) is 0. The van der Waals surface area contributed by atoms with E-state index in [1.54, 1.807) is 6.92 Å². The molecule has 0 bridgehead atoms. The lowest BCUT2D eigenvalue weighted by Gasteiger charge is -2.17. The maximum Gasteiger partial charge on any atom is 0.325 e. The molecule has 0 aromatic heterocycles. The molecule has 0 amide bonds. The molecule has 0 radical (unpaired) electrons. The number of carboxylic acids is 1. The van der Waals surface area contributed by atoms with Crippen LogP contribution in [-0.4, -0.2) is 25.3 Å². The van der Waals surface area contributed by atoms with Crippen molar-refractivity contribution in [1.29, 1.82) is 0 Å². The van der Waals surface area contributed by atoms with E-state index < -0.39 is 12.0 Å². The van der Waals surface area contributed by atoms with Crippen molar-refractivity contribution in [1.82, 2.24) is 0 Å². The number of rotatable bonds is 4. The number of carbonyl (C=O) groups is 1. The summed E-state index contributed by atoms with van der Waals surface area (Å²) in [6.45, 7) is 1.68. The summed E-state index contributed by atoms with van der Waals surface area (Å²) in [5.74, 6) is -0.404. The van der Waals surface area contributed by atoms with E-state index in [9.17, 15) is 4.79 Å². The Balaban J connectivity index is 3.44. The van der Waals surface area contributed by atoms with Gasteiger partial charge < -0.3 is 20.3 Å². The van der Waals surface area contributed by atoms with Crippen LogP contribution in [0.15, 0.2) is 6.07 Å². The fourth-order valence-corrected chi connectivity index (χ4v) is 1.80. The summed E-state index contributed by atoms with van der Waals surface area (Å²) in [5.41, 5.74) is 6.54. The quantitative estimate of drug-likeness (QED) is 0.861. The highest BCUT2D eigenvalue weighted by molar-refractivity contribution is 6.33. The van der Waals surface area contributed by atoms with Crippen LogP contribution >= 0.6 is 11.6 Å². The van der Waals surface area contributed by atoms with Crippen molar-refractivity contribution in [3.63, 3.8) is 0 Å². The first-order chi connectivity index (χ1) is 7.93. The van der Waals surface area contributed by atoms with E-state index in [1.807, 2.05) is 0 Å². The maximum atomic E-state index is 10.9. The number of ether oxygens (including phenoxy) is 2. The zero-order chi connectivity index (χ0) is 13.2. The smallest absolute Gasteiger partial charge is 0.325 e. The molecule has 1 aromatic carbocycles. The van der Waals surface area contributed by atoms with Gasteiger partial charge in [0, 0.05) is 0 Å². The van der Waals surface area contributed by atoms with Gasteiger partial charge in [-0.1, -0.05) is 11.6 Å². The van der Waals surface area contributed by atoms with Crippen LogP contribution in [0.5, 0.6) is 11.5 Å². The summed E-state index contributed by atoms with van der Waals surface area (Å²) >= 11 is 6.08. The average molecular weight is 260 g/mol. The Kier molecular flexibility index (Phi) is 4.20. The van der Waals surface area contributed by atoms with Gasteiger partial charge >= 0.3 is 5.97 Å². The molecule has 3 N–H and O–H groups in total. The van der Waals surface area contributed by atoms with Gasteiger partial charge in [0.1, 0.15) is 6.04 Å². The Hall–Kier alpha value is -1.46. The molecule has 0 saturated carbocycles. The number of methoxy groups -OCH3 is 2. The van der Waals surface area contributed by atoms with Gasteiger partial charge in [-0.15, -0.1) is 0 Å². The summed E-state index contributed by atoms with van der Waals surface area (Å²) < 4.78 is 10.2. The van der Waals surface area contributed by atoms with E-state index >= 15 is 0 Å². The Morgan fingerprint density at radius 3 is 2.47 bits per heavy atom. The van der Waals surface area contributed by atoms with E-state index in [0.717, 1.165) is 0 Å². The van der Waals surface area contributed by atoms with Crippen LogP contribution in [0.3, 0.4) is 0 Å². The standard InChI is InChI=1S/C11H14ClNO4/c1-5-6(9(13)11(14)15)4-7(16-2)10(17-3)8(5)12/h4,9H,13H2,1-3H3,(H,14,15). The summed E-state index contributed by atoms with van der Waals surface area (Å²) in [6, 6.07) is 0.381. The summed E-state index contributed by atoms with van der Waals surface area (Å²) in [7, 11) is 2.90. The lowest BCUT2D eigenvalue weighted by Crippen LogP contribution is -2.21. The summed E-state index contributed by atoms with van der Waals surface area (Å²) in [5, 5.41) is 9.20. The molecule has 1 atom stereocenters. The number of carboxylic acid groups (broad SMARTS) is 1. The first kappa shape index (κ1) is 13.6. The Bertz CT molecular complexity index is 448. The highest BCUT2D eigenvalue weighted by Crippen LogP contribution is 2.40. The first-order valence-corrected chi connectivity index (χ1v) is 5.21. The predicted octanol–water partition coefficient (Wildman–Crippen LogP) is 1.75. The van der Waals surface area contributed by atoms with Gasteiger partial charge in [0.05, 0.1) is 19.2 Å². The third-order valence-electron chi connectivity index (χ3n) is 2.50. The van der Waals surface area contributed by atoms with Gasteiger partial charge in [0.2, 0.25) is 0 Å². The first-order valence-electron chi connectivity index (χ1n) is 4.83. The topological polar surface area (TPSA) is 81.8 Å². The third-order valence-corrected chi connectivity index (χ3v) is 2.95. The number of benzene rings is 1. The fraction of sp³-hybridized carbons (Fsp3) is 0.364. The van der Waals surface area contributed by atoms with Crippen molar-refractivity contribution in [3.8, 4) is 11.5 Å². The van der Waals surface area contributed by atoms with Crippen LogP contribution in [-0.2, 0) is 4.79 Å². The molecule has 0 fully saturated rings. The van der Waals surface area contributed by atoms with E-state index in [-0.39, 0.29) is 0 Å². The van der Waals surface area contributed by atoms with E-state index in [4.69, 9.17) is 31.9 Å². The van der Waals surface area contributed by atoms with E-state index in [0.29, 0.717) is 27.6 Å². The van der Waals surface area contributed by atoms with Gasteiger partial charge in [-0.3, -0.25) is 4.79 Å². The molecule has 1 rings (SSSR count). The molecular weight excluding hydrogens is 246 g/mol. The van der Waals surface area contributed by atoms with E-state index in [2.05, 4.69) is 0 Å². The van der Waals surface area contributed by atoms with Crippen LogP contribution in [0.25, 0.3) is 0 Å². The van der Waals surface area contributed by atoms with Crippen LogP contribution < -0.4 is 15.2 Å². The van der Waals surface area contributed by atoms with Crippen LogP contribution in [0.4, 0.5) is 0 Å². The van der Waals surface area contributed by atoms with Crippen LogP contribution in [0.2, 0.25) is 5.02 Å².